The molecule has 0 amide bonds. The lowest BCUT2D eigenvalue weighted by Gasteiger charge is -2.30. The molecule has 0 spiro atoms. The van der Waals surface area contributed by atoms with Gasteiger partial charge in [0.25, 0.3) is 0 Å². The van der Waals surface area contributed by atoms with Crippen LogP contribution in [0.5, 0.6) is 17.2 Å². The molecule has 7 heteroatoms. The molecule has 7 nitrogen and oxygen atoms in total. The summed E-state index contributed by atoms with van der Waals surface area (Å²) in [5.74, 6) is 0.575. The van der Waals surface area contributed by atoms with Gasteiger partial charge in [0.15, 0.2) is 5.78 Å². The molecule has 1 atom stereocenters. The Morgan fingerprint density at radius 1 is 0.875 bits per heavy atom. The van der Waals surface area contributed by atoms with E-state index in [0.29, 0.717) is 54.3 Å². The van der Waals surface area contributed by atoms with Gasteiger partial charge >= 0.3 is 5.97 Å². The second kappa shape index (κ2) is 13.1. The maximum Gasteiger partial charge on any atom is 0.335 e. The van der Waals surface area contributed by atoms with Gasteiger partial charge in [-0.1, -0.05) is 36.4 Å². The first-order valence-corrected chi connectivity index (χ1v) is 13.4. The zero-order valence-corrected chi connectivity index (χ0v) is 23.2. The number of aliphatic imine (C=N–C) groups is 1. The number of benzene rings is 3. The van der Waals surface area contributed by atoms with E-state index < -0.39 is 11.5 Å². The van der Waals surface area contributed by atoms with Gasteiger partial charge in [0, 0.05) is 22.9 Å². The third-order valence-corrected chi connectivity index (χ3v) is 7.31. The van der Waals surface area contributed by atoms with Crippen molar-refractivity contribution in [1.29, 1.82) is 0 Å². The van der Waals surface area contributed by atoms with E-state index in [-0.39, 0.29) is 11.3 Å². The van der Waals surface area contributed by atoms with Crippen LogP contribution in [0.25, 0.3) is 0 Å². The van der Waals surface area contributed by atoms with Crippen molar-refractivity contribution >= 4 is 18.0 Å². The average molecular weight is 542 g/mol. The number of carboxylic acids is 1. The molecule has 0 saturated heterocycles. The number of aromatic carboxylic acids is 1. The van der Waals surface area contributed by atoms with E-state index >= 15 is 0 Å². The maximum absolute atomic E-state index is 14.0. The Hall–Kier alpha value is -4.39. The van der Waals surface area contributed by atoms with Gasteiger partial charge in [0.05, 0.1) is 31.9 Å². The summed E-state index contributed by atoms with van der Waals surface area (Å²) < 4.78 is 16.9. The van der Waals surface area contributed by atoms with E-state index in [2.05, 4.69) is 12.1 Å². The lowest BCUT2D eigenvalue weighted by Crippen LogP contribution is -2.32. The highest BCUT2D eigenvalue weighted by molar-refractivity contribution is 6.13. The molecule has 3 aromatic carbocycles. The van der Waals surface area contributed by atoms with Crippen LogP contribution in [0.4, 0.5) is 0 Å². The molecule has 0 radical (unpaired) electrons. The molecule has 0 aliphatic carbocycles. The fourth-order valence-corrected chi connectivity index (χ4v) is 5.17. The number of carbonyl (C=O) groups is 2. The Kier molecular flexibility index (Phi) is 9.38. The van der Waals surface area contributed by atoms with Crippen molar-refractivity contribution in [3.63, 3.8) is 0 Å². The van der Waals surface area contributed by atoms with Gasteiger partial charge in [-0.2, -0.15) is 0 Å². The number of methoxy groups -OCH3 is 2. The van der Waals surface area contributed by atoms with Crippen LogP contribution in [-0.2, 0) is 6.42 Å². The first kappa shape index (κ1) is 28.6. The Bertz CT molecular complexity index is 1390. The molecular formula is C33H35NO6. The number of allylic oxidation sites excluding steroid dienone is 1. The second-order valence-electron chi connectivity index (χ2n) is 9.85. The highest BCUT2D eigenvalue weighted by atomic mass is 16.5. The Balaban J connectivity index is 1.53. The van der Waals surface area contributed by atoms with Gasteiger partial charge in [0.1, 0.15) is 17.2 Å². The highest BCUT2D eigenvalue weighted by Gasteiger charge is 2.39. The van der Waals surface area contributed by atoms with E-state index in [9.17, 15) is 14.7 Å². The molecule has 1 aliphatic heterocycles. The molecule has 208 valence electrons. The number of aryl methyl sites for hydroxylation is 1. The molecule has 1 aliphatic rings. The fraction of sp³-hybridized carbons (Fsp3) is 0.303. The predicted molar refractivity (Wildman–Crippen MR) is 155 cm³/mol. The first-order chi connectivity index (χ1) is 19.4. The summed E-state index contributed by atoms with van der Waals surface area (Å²) in [4.78, 5) is 30.1. The molecule has 3 aromatic rings. The minimum atomic E-state index is -0.999. The van der Waals surface area contributed by atoms with E-state index in [4.69, 9.17) is 19.2 Å². The molecule has 0 bridgehead atoms. The van der Waals surface area contributed by atoms with Crippen LogP contribution < -0.4 is 14.2 Å². The first-order valence-electron chi connectivity index (χ1n) is 13.4. The van der Waals surface area contributed by atoms with Crippen LogP contribution in [0.2, 0.25) is 0 Å². The minimum absolute atomic E-state index is 0.108. The van der Waals surface area contributed by atoms with Crippen LogP contribution in [0, 0.1) is 6.92 Å². The summed E-state index contributed by atoms with van der Waals surface area (Å²) in [6.45, 7) is 2.26. The van der Waals surface area contributed by atoms with Crippen molar-refractivity contribution in [1.82, 2.24) is 0 Å². The van der Waals surface area contributed by atoms with Crippen molar-refractivity contribution in [2.75, 3.05) is 20.8 Å². The zero-order chi connectivity index (χ0) is 28.5. The molecule has 0 aromatic heterocycles. The second-order valence-corrected chi connectivity index (χ2v) is 9.85. The van der Waals surface area contributed by atoms with Gasteiger partial charge < -0.3 is 19.3 Å². The fourth-order valence-electron chi connectivity index (χ4n) is 5.17. The van der Waals surface area contributed by atoms with Gasteiger partial charge in [-0.05, 0) is 81.0 Å². The zero-order valence-electron chi connectivity index (χ0n) is 23.2. The summed E-state index contributed by atoms with van der Waals surface area (Å²) in [6.07, 6.45) is 7.22. The van der Waals surface area contributed by atoms with Crippen LogP contribution in [0.3, 0.4) is 0 Å². The number of carboxylic acid groups (broad SMARTS) is 1. The van der Waals surface area contributed by atoms with Crippen LogP contribution in [0.1, 0.15) is 57.5 Å². The minimum Gasteiger partial charge on any atom is -0.496 e. The molecule has 1 heterocycles. The van der Waals surface area contributed by atoms with Gasteiger partial charge in [-0.15, -0.1) is 0 Å². The van der Waals surface area contributed by atoms with Gasteiger partial charge in [0.2, 0.25) is 0 Å². The summed E-state index contributed by atoms with van der Waals surface area (Å²) in [6, 6.07) is 20.2. The number of ether oxygens (including phenoxy) is 3. The topological polar surface area (TPSA) is 94.4 Å². The lowest BCUT2D eigenvalue weighted by molar-refractivity contribution is 0.0696. The van der Waals surface area contributed by atoms with Crippen LogP contribution in [0.15, 0.2) is 83.4 Å². The number of hydrogen-bond acceptors (Lipinski definition) is 6. The normalized spacial score (nSPS) is 15.9. The van der Waals surface area contributed by atoms with Crippen molar-refractivity contribution < 1.29 is 28.9 Å². The van der Waals surface area contributed by atoms with E-state index in [1.54, 1.807) is 44.7 Å². The number of rotatable bonds is 14. The van der Waals surface area contributed by atoms with Crippen molar-refractivity contribution in [2.24, 2.45) is 4.99 Å². The molecule has 0 fully saturated rings. The third kappa shape index (κ3) is 6.60. The quantitative estimate of drug-likeness (QED) is 0.184. The standard InChI is InChI=1S/C33H35NO6/c1-23-29(38-2)21-26(22-30(23)39-3)31(35)28-15-18-34-33(28,16-8-12-24-10-5-4-6-11-24)17-9-19-40-27-14-7-13-25(20-27)32(36)37/h4-7,10-11,13-15,18,20-22H,8-9,12,16-17,19H2,1-3H3,(H,36,37). The monoisotopic (exact) mass is 541 g/mol. The lowest BCUT2D eigenvalue weighted by atomic mass is 9.78. The molecule has 1 unspecified atom stereocenters. The Morgan fingerprint density at radius 2 is 1.57 bits per heavy atom. The largest absolute Gasteiger partial charge is 0.496 e. The molecule has 1 N–H and O–H groups in total. The summed E-state index contributed by atoms with van der Waals surface area (Å²) in [5.41, 5.74) is 2.69. The predicted octanol–water partition coefficient (Wildman–Crippen LogP) is 6.52. The van der Waals surface area contributed by atoms with Gasteiger partial charge in [-0.3, -0.25) is 9.79 Å². The number of nitrogens with zero attached hydrogens (tertiary/aromatic N) is 1. The van der Waals surface area contributed by atoms with E-state index in [1.807, 2.05) is 31.2 Å². The summed E-state index contributed by atoms with van der Waals surface area (Å²) in [7, 11) is 3.15. The number of ketones is 1. The molecule has 0 saturated carbocycles. The maximum atomic E-state index is 14.0. The number of Topliss-reactive ketones (excluding diaryl/α,β-unsaturated/α-hetero) is 1. The Labute approximate surface area is 235 Å². The van der Waals surface area contributed by atoms with Crippen molar-refractivity contribution in [3.8, 4) is 17.2 Å². The molecule has 40 heavy (non-hydrogen) atoms. The van der Waals surface area contributed by atoms with E-state index in [1.165, 1.54) is 17.7 Å². The molecular weight excluding hydrogens is 506 g/mol. The summed E-state index contributed by atoms with van der Waals surface area (Å²) >= 11 is 0. The van der Waals surface area contributed by atoms with Gasteiger partial charge in [-0.25, -0.2) is 4.79 Å². The van der Waals surface area contributed by atoms with Crippen molar-refractivity contribution in [3.05, 3.63) is 101 Å². The number of hydrogen-bond donors (Lipinski definition) is 1. The average Bonchev–Trinajstić information content (AvgIpc) is 3.39. The highest BCUT2D eigenvalue weighted by Crippen LogP contribution is 2.39. The smallest absolute Gasteiger partial charge is 0.335 e. The van der Waals surface area contributed by atoms with Crippen LogP contribution in [-0.4, -0.2) is 49.4 Å². The van der Waals surface area contributed by atoms with Crippen molar-refractivity contribution in [2.45, 2.75) is 44.6 Å². The Morgan fingerprint density at radius 3 is 2.25 bits per heavy atom. The SMILES string of the molecule is COc1cc(C(=O)C2=CC=NC2(CCCOc2cccc(C(=O)O)c2)CCCc2ccccc2)cc(OC)c1C. The van der Waals surface area contributed by atoms with Crippen LogP contribution >= 0.6 is 0 Å². The summed E-state index contributed by atoms with van der Waals surface area (Å²) in [5, 5.41) is 9.25. The number of carbonyl (C=O) groups excluding carboxylic acids is 1. The van der Waals surface area contributed by atoms with E-state index in [0.717, 1.165) is 18.4 Å². The molecule has 4 rings (SSSR count). The third-order valence-electron chi connectivity index (χ3n) is 7.31.